The number of aryl methyl sites for hydroxylation is 2. The highest BCUT2D eigenvalue weighted by Crippen LogP contribution is 2.57. The quantitative estimate of drug-likeness (QED) is 0.173. The summed E-state index contributed by atoms with van der Waals surface area (Å²) < 4.78 is 36.6. The highest BCUT2D eigenvalue weighted by Gasteiger charge is 2.50. The fourth-order valence-electron chi connectivity index (χ4n) is 6.92. The molecule has 5 aromatic rings. The van der Waals surface area contributed by atoms with Gasteiger partial charge in [-0.2, -0.15) is 0 Å². The SMILES string of the molecule is Cc1ccc(S(=O)(=O)N/C(=C\[C@@H](c2ccccc2)[C@H]2c3ccc(C)cc3[C@@H]3C=C(c4ccccc4)OC(=O)[C@H]23)c2ccccc2)cc1. The number of hydrogen-bond donors (Lipinski definition) is 1. The van der Waals surface area contributed by atoms with Crippen LogP contribution in [-0.2, 0) is 19.6 Å². The summed E-state index contributed by atoms with van der Waals surface area (Å²) >= 11 is 0. The van der Waals surface area contributed by atoms with Gasteiger partial charge in [-0.3, -0.25) is 9.52 Å². The van der Waals surface area contributed by atoms with Crippen LogP contribution in [0.15, 0.2) is 151 Å². The number of ether oxygens (including phenoxy) is 1. The third kappa shape index (κ3) is 6.05. The van der Waals surface area contributed by atoms with E-state index in [9.17, 15) is 13.2 Å². The molecular formula is C41H35NO4S. The largest absolute Gasteiger partial charge is 0.426 e. The van der Waals surface area contributed by atoms with Crippen molar-refractivity contribution >= 4 is 27.4 Å². The molecule has 0 aromatic heterocycles. The number of allylic oxidation sites excluding steroid dienone is 2. The van der Waals surface area contributed by atoms with Gasteiger partial charge in [-0.15, -0.1) is 0 Å². The molecule has 0 saturated heterocycles. The van der Waals surface area contributed by atoms with Gasteiger partial charge < -0.3 is 4.74 Å². The maximum atomic E-state index is 14.2. The Balaban J connectivity index is 1.40. The molecule has 47 heavy (non-hydrogen) atoms. The molecule has 5 nitrogen and oxygen atoms in total. The molecule has 0 unspecified atom stereocenters. The molecule has 1 N–H and O–H groups in total. The van der Waals surface area contributed by atoms with Crippen molar-refractivity contribution in [3.8, 4) is 0 Å². The molecular weight excluding hydrogens is 603 g/mol. The maximum absolute atomic E-state index is 14.2. The first-order valence-corrected chi connectivity index (χ1v) is 17.3. The zero-order valence-electron chi connectivity index (χ0n) is 26.2. The number of cyclic esters (lactones) is 1. The first-order chi connectivity index (χ1) is 22.8. The molecule has 0 spiro atoms. The maximum Gasteiger partial charge on any atom is 0.315 e. The Morgan fingerprint density at radius 3 is 2.04 bits per heavy atom. The predicted molar refractivity (Wildman–Crippen MR) is 186 cm³/mol. The molecule has 0 amide bonds. The van der Waals surface area contributed by atoms with Crippen LogP contribution >= 0.6 is 0 Å². The standard InChI is InChI=1S/C41H35NO4S/c1-27-18-21-32(22-19-27)47(44,45)42-37(30-14-8-4-9-15-30)25-34(29-12-6-3-7-13-29)39-33-23-20-28(2)24-35(33)36-26-38(46-41(43)40(36)39)31-16-10-5-11-17-31/h3-26,34,36,39-40,42H,1-2H3/b37-25-/t34-,36-,39+,40-/m0/s1. The molecule has 1 aliphatic heterocycles. The summed E-state index contributed by atoms with van der Waals surface area (Å²) in [4.78, 5) is 14.3. The Kier molecular flexibility index (Phi) is 8.12. The van der Waals surface area contributed by atoms with Crippen LogP contribution in [0.1, 0.15) is 56.7 Å². The number of carbonyl (C=O) groups is 1. The normalized spacial score (nSPS) is 19.6. The Morgan fingerprint density at radius 2 is 1.36 bits per heavy atom. The third-order valence-electron chi connectivity index (χ3n) is 9.18. The molecule has 7 rings (SSSR count). The van der Waals surface area contributed by atoms with Crippen molar-refractivity contribution < 1.29 is 17.9 Å². The first kappa shape index (κ1) is 30.5. The van der Waals surface area contributed by atoms with E-state index in [4.69, 9.17) is 4.74 Å². The zero-order valence-corrected chi connectivity index (χ0v) is 27.0. The molecule has 0 fully saturated rings. The summed E-state index contributed by atoms with van der Waals surface area (Å²) in [6.07, 6.45) is 4.07. The van der Waals surface area contributed by atoms with E-state index in [0.29, 0.717) is 11.5 Å². The van der Waals surface area contributed by atoms with E-state index in [1.54, 1.807) is 24.3 Å². The van der Waals surface area contributed by atoms with Gasteiger partial charge in [0.15, 0.2) is 0 Å². The van der Waals surface area contributed by atoms with Gasteiger partial charge in [0.1, 0.15) is 5.76 Å². The van der Waals surface area contributed by atoms with Crippen LogP contribution in [0.2, 0.25) is 0 Å². The lowest BCUT2D eigenvalue weighted by Gasteiger charge is -2.32. The number of benzene rings is 5. The molecule has 6 heteroatoms. The zero-order chi connectivity index (χ0) is 32.5. The van der Waals surface area contributed by atoms with Crippen LogP contribution in [0, 0.1) is 19.8 Å². The van der Waals surface area contributed by atoms with Crippen molar-refractivity contribution in [3.05, 3.63) is 185 Å². The van der Waals surface area contributed by atoms with Crippen molar-refractivity contribution in [1.29, 1.82) is 0 Å². The van der Waals surface area contributed by atoms with Gasteiger partial charge in [0, 0.05) is 23.3 Å². The lowest BCUT2D eigenvalue weighted by atomic mass is 9.74. The van der Waals surface area contributed by atoms with Crippen molar-refractivity contribution in [2.24, 2.45) is 5.92 Å². The van der Waals surface area contributed by atoms with Crippen molar-refractivity contribution in [2.75, 3.05) is 0 Å². The van der Waals surface area contributed by atoms with Crippen LogP contribution in [-0.4, -0.2) is 14.4 Å². The summed E-state index contributed by atoms with van der Waals surface area (Å²) in [7, 11) is -3.93. The van der Waals surface area contributed by atoms with Crippen molar-refractivity contribution in [3.63, 3.8) is 0 Å². The molecule has 4 atom stereocenters. The second kappa shape index (κ2) is 12.5. The number of nitrogens with one attached hydrogen (secondary N) is 1. The van der Waals surface area contributed by atoms with Gasteiger partial charge in [0.2, 0.25) is 0 Å². The third-order valence-corrected chi connectivity index (χ3v) is 10.6. The lowest BCUT2D eigenvalue weighted by Crippen LogP contribution is -2.30. The molecule has 1 aliphatic carbocycles. The van der Waals surface area contributed by atoms with E-state index in [1.807, 2.05) is 104 Å². The van der Waals surface area contributed by atoms with Gasteiger partial charge in [-0.05, 0) is 54.3 Å². The Labute approximate surface area is 276 Å². The highest BCUT2D eigenvalue weighted by atomic mass is 32.2. The molecule has 0 saturated carbocycles. The Hall–Kier alpha value is -5.20. The molecule has 0 bridgehead atoms. The van der Waals surface area contributed by atoms with Gasteiger partial charge in [-0.25, -0.2) is 8.42 Å². The Bertz CT molecular complexity index is 2090. The topological polar surface area (TPSA) is 72.5 Å². The van der Waals surface area contributed by atoms with E-state index in [-0.39, 0.29) is 28.6 Å². The van der Waals surface area contributed by atoms with E-state index in [1.165, 1.54) is 0 Å². The van der Waals surface area contributed by atoms with Gasteiger partial charge in [-0.1, -0.05) is 139 Å². The predicted octanol–water partition coefficient (Wildman–Crippen LogP) is 8.50. The van der Waals surface area contributed by atoms with Crippen molar-refractivity contribution in [2.45, 2.75) is 36.5 Å². The monoisotopic (exact) mass is 637 g/mol. The molecule has 1 heterocycles. The molecule has 234 valence electrons. The lowest BCUT2D eigenvalue weighted by molar-refractivity contribution is -0.143. The average Bonchev–Trinajstić information content (AvgIpc) is 3.41. The minimum Gasteiger partial charge on any atom is -0.426 e. The minimum atomic E-state index is -3.93. The molecule has 2 aliphatic rings. The van der Waals surface area contributed by atoms with Crippen LogP contribution in [0.4, 0.5) is 0 Å². The second-order valence-electron chi connectivity index (χ2n) is 12.3. The smallest absolute Gasteiger partial charge is 0.315 e. The van der Waals surface area contributed by atoms with Crippen molar-refractivity contribution in [1.82, 2.24) is 4.72 Å². The number of carbonyl (C=O) groups excluding carboxylic acids is 1. The van der Waals surface area contributed by atoms with Gasteiger partial charge >= 0.3 is 5.97 Å². The van der Waals surface area contributed by atoms with Crippen LogP contribution in [0.3, 0.4) is 0 Å². The fourth-order valence-corrected chi connectivity index (χ4v) is 8.01. The summed E-state index contributed by atoms with van der Waals surface area (Å²) in [6, 6.07) is 42.4. The molecule has 5 aromatic carbocycles. The van der Waals surface area contributed by atoms with Gasteiger partial charge in [0.25, 0.3) is 10.0 Å². The average molecular weight is 638 g/mol. The van der Waals surface area contributed by atoms with E-state index >= 15 is 0 Å². The number of sulfonamides is 1. The summed E-state index contributed by atoms with van der Waals surface area (Å²) in [6.45, 7) is 3.99. The second-order valence-corrected chi connectivity index (χ2v) is 14.0. The summed E-state index contributed by atoms with van der Waals surface area (Å²) in [5.74, 6) is -1.12. The number of hydrogen-bond acceptors (Lipinski definition) is 4. The number of esters is 1. The van der Waals surface area contributed by atoms with Crippen LogP contribution < -0.4 is 4.72 Å². The fraction of sp³-hybridized carbons (Fsp3) is 0.146. The molecule has 0 radical (unpaired) electrons. The summed E-state index contributed by atoms with van der Waals surface area (Å²) in [5.41, 5.74) is 7.24. The minimum absolute atomic E-state index is 0.178. The number of rotatable bonds is 8. The van der Waals surface area contributed by atoms with E-state index in [0.717, 1.165) is 38.9 Å². The first-order valence-electron chi connectivity index (χ1n) is 15.8. The van der Waals surface area contributed by atoms with Crippen LogP contribution in [0.25, 0.3) is 11.5 Å². The van der Waals surface area contributed by atoms with E-state index in [2.05, 4.69) is 35.9 Å². The summed E-state index contributed by atoms with van der Waals surface area (Å²) in [5, 5.41) is 0. The van der Waals surface area contributed by atoms with Gasteiger partial charge in [0.05, 0.1) is 16.5 Å². The number of fused-ring (bicyclic) bond motifs is 3. The van der Waals surface area contributed by atoms with E-state index < -0.39 is 15.9 Å². The Morgan fingerprint density at radius 1 is 0.745 bits per heavy atom. The van der Waals surface area contributed by atoms with Crippen LogP contribution in [0.5, 0.6) is 0 Å². The highest BCUT2D eigenvalue weighted by molar-refractivity contribution is 7.89.